The molecule has 0 saturated carbocycles. The number of carboxylic acids is 1. The number of rotatable bonds is 9. The number of hydrogen-bond acceptors (Lipinski definition) is 3. The lowest BCUT2D eigenvalue weighted by atomic mass is 9.99. The van der Waals surface area contributed by atoms with Crippen molar-refractivity contribution in [3.63, 3.8) is 0 Å². The van der Waals surface area contributed by atoms with Crippen LogP contribution in [0.1, 0.15) is 55.4 Å². The van der Waals surface area contributed by atoms with Crippen molar-refractivity contribution in [2.75, 3.05) is 0 Å². The fourth-order valence-corrected chi connectivity index (χ4v) is 3.37. The highest BCUT2D eigenvalue weighted by Gasteiger charge is 2.14. The SMILES string of the molecule is CCC=Cc1nn(CCC(C)C)c(=O)n1Cc1ccc(-c2ccccc2C(=O)O)cc1. The van der Waals surface area contributed by atoms with Gasteiger partial charge in [0, 0.05) is 6.54 Å². The number of aromatic carboxylic acids is 1. The second-order valence-electron chi connectivity index (χ2n) is 7.99. The maximum Gasteiger partial charge on any atom is 0.346 e. The Kier molecular flexibility index (Phi) is 7.23. The molecule has 0 amide bonds. The monoisotopic (exact) mass is 419 g/mol. The molecule has 0 spiro atoms. The van der Waals surface area contributed by atoms with Crippen molar-refractivity contribution in [1.82, 2.24) is 14.3 Å². The summed E-state index contributed by atoms with van der Waals surface area (Å²) in [6, 6.07) is 14.6. The van der Waals surface area contributed by atoms with E-state index < -0.39 is 5.97 Å². The molecule has 0 saturated heterocycles. The van der Waals surface area contributed by atoms with E-state index in [0.717, 1.165) is 24.0 Å². The summed E-state index contributed by atoms with van der Waals surface area (Å²) in [4.78, 5) is 24.5. The molecule has 0 aliphatic rings. The molecule has 2 aromatic carbocycles. The van der Waals surface area contributed by atoms with Crippen LogP contribution in [-0.2, 0) is 13.1 Å². The standard InChI is InChI=1S/C25H29N3O3/c1-4-5-10-23-26-28(16-15-18(2)3)25(31)27(23)17-19-11-13-20(14-12-19)21-8-6-7-9-22(21)24(29)30/h5-14,18H,4,15-17H2,1-3H3,(H,29,30). The van der Waals surface area contributed by atoms with Crippen molar-refractivity contribution < 1.29 is 9.90 Å². The van der Waals surface area contributed by atoms with E-state index in [-0.39, 0.29) is 11.3 Å². The van der Waals surface area contributed by atoms with Gasteiger partial charge in [-0.25, -0.2) is 14.3 Å². The minimum atomic E-state index is -0.951. The molecule has 6 nitrogen and oxygen atoms in total. The molecule has 0 unspecified atom stereocenters. The number of benzene rings is 2. The van der Waals surface area contributed by atoms with Gasteiger partial charge in [-0.2, -0.15) is 5.10 Å². The maximum atomic E-state index is 12.9. The van der Waals surface area contributed by atoms with Gasteiger partial charge in [-0.1, -0.05) is 69.3 Å². The molecule has 6 heteroatoms. The lowest BCUT2D eigenvalue weighted by Gasteiger charge is -2.08. The number of nitrogens with zero attached hydrogens (tertiary/aromatic N) is 3. The van der Waals surface area contributed by atoms with Crippen LogP contribution in [0.3, 0.4) is 0 Å². The van der Waals surface area contributed by atoms with E-state index in [2.05, 4.69) is 18.9 Å². The van der Waals surface area contributed by atoms with Crippen molar-refractivity contribution in [1.29, 1.82) is 0 Å². The predicted octanol–water partition coefficient (Wildman–Crippen LogP) is 4.93. The van der Waals surface area contributed by atoms with Gasteiger partial charge in [0.15, 0.2) is 5.82 Å². The Balaban J connectivity index is 1.89. The number of hydrogen-bond donors (Lipinski definition) is 1. The smallest absolute Gasteiger partial charge is 0.346 e. The summed E-state index contributed by atoms with van der Waals surface area (Å²) in [7, 11) is 0. The molecule has 1 N–H and O–H groups in total. The van der Waals surface area contributed by atoms with Gasteiger partial charge >= 0.3 is 11.7 Å². The number of aryl methyl sites for hydroxylation is 1. The molecule has 0 radical (unpaired) electrons. The molecule has 162 valence electrons. The number of carbonyl (C=O) groups is 1. The fraction of sp³-hybridized carbons (Fsp3) is 0.320. The van der Waals surface area contributed by atoms with E-state index in [4.69, 9.17) is 0 Å². The Labute approximate surface area is 182 Å². The Morgan fingerprint density at radius 1 is 1.13 bits per heavy atom. The normalized spacial score (nSPS) is 11.5. The van der Waals surface area contributed by atoms with E-state index in [1.165, 1.54) is 0 Å². The number of aromatic nitrogens is 3. The summed E-state index contributed by atoms with van der Waals surface area (Å²) in [5.74, 6) is 0.191. The van der Waals surface area contributed by atoms with Crippen LogP contribution < -0.4 is 5.69 Å². The van der Waals surface area contributed by atoms with Gasteiger partial charge in [0.25, 0.3) is 0 Å². The first kappa shape index (κ1) is 22.3. The number of carboxylic acid groups (broad SMARTS) is 1. The molecular weight excluding hydrogens is 390 g/mol. The average Bonchev–Trinajstić information content (AvgIpc) is 3.06. The van der Waals surface area contributed by atoms with Crippen LogP contribution in [-0.4, -0.2) is 25.4 Å². The van der Waals surface area contributed by atoms with Gasteiger partial charge in [0.05, 0.1) is 12.1 Å². The minimum absolute atomic E-state index is 0.114. The Morgan fingerprint density at radius 3 is 2.48 bits per heavy atom. The Hall–Kier alpha value is -3.41. The van der Waals surface area contributed by atoms with E-state index in [1.54, 1.807) is 27.4 Å². The largest absolute Gasteiger partial charge is 0.478 e. The van der Waals surface area contributed by atoms with E-state index in [1.807, 2.05) is 49.4 Å². The minimum Gasteiger partial charge on any atom is -0.478 e. The highest BCUT2D eigenvalue weighted by Crippen LogP contribution is 2.24. The zero-order valence-electron chi connectivity index (χ0n) is 18.3. The second-order valence-corrected chi connectivity index (χ2v) is 7.99. The molecule has 1 heterocycles. The third-order valence-electron chi connectivity index (χ3n) is 5.14. The molecule has 3 aromatic rings. The van der Waals surface area contributed by atoms with Gasteiger partial charge in [0.1, 0.15) is 0 Å². The summed E-state index contributed by atoms with van der Waals surface area (Å²) >= 11 is 0. The Bertz CT molecular complexity index is 1120. The molecule has 0 fully saturated rings. The summed E-state index contributed by atoms with van der Waals surface area (Å²) in [5, 5.41) is 14.0. The van der Waals surface area contributed by atoms with Crippen molar-refractivity contribution in [3.05, 3.63) is 82.0 Å². The fourth-order valence-electron chi connectivity index (χ4n) is 3.37. The van der Waals surface area contributed by atoms with E-state index in [0.29, 0.717) is 30.4 Å². The highest BCUT2D eigenvalue weighted by atomic mass is 16.4. The molecule has 3 rings (SSSR count). The zero-order chi connectivity index (χ0) is 22.4. The van der Waals surface area contributed by atoms with Crippen LogP contribution in [0.4, 0.5) is 0 Å². The zero-order valence-corrected chi connectivity index (χ0v) is 18.3. The van der Waals surface area contributed by atoms with E-state index in [9.17, 15) is 14.7 Å². The molecule has 1 aromatic heterocycles. The second kappa shape index (κ2) is 10.1. The number of allylic oxidation sites excluding steroid dienone is 1. The van der Waals surface area contributed by atoms with Gasteiger partial charge in [-0.3, -0.25) is 4.57 Å². The predicted molar refractivity (Wildman–Crippen MR) is 123 cm³/mol. The quantitative estimate of drug-likeness (QED) is 0.534. The summed E-state index contributed by atoms with van der Waals surface area (Å²) in [6.07, 6.45) is 5.65. The van der Waals surface area contributed by atoms with Gasteiger partial charge in [-0.05, 0) is 47.6 Å². The molecular formula is C25H29N3O3. The highest BCUT2D eigenvalue weighted by molar-refractivity contribution is 5.95. The first-order valence-corrected chi connectivity index (χ1v) is 10.7. The molecule has 31 heavy (non-hydrogen) atoms. The van der Waals surface area contributed by atoms with Crippen LogP contribution in [0, 0.1) is 5.92 Å². The lowest BCUT2D eigenvalue weighted by Crippen LogP contribution is -2.26. The van der Waals surface area contributed by atoms with Gasteiger partial charge in [0.2, 0.25) is 0 Å². The van der Waals surface area contributed by atoms with E-state index >= 15 is 0 Å². The van der Waals surface area contributed by atoms with Crippen molar-refractivity contribution >= 4 is 12.0 Å². The van der Waals surface area contributed by atoms with Gasteiger partial charge in [-0.15, -0.1) is 0 Å². The van der Waals surface area contributed by atoms with Crippen molar-refractivity contribution in [2.24, 2.45) is 5.92 Å². The third-order valence-corrected chi connectivity index (χ3v) is 5.14. The van der Waals surface area contributed by atoms with Crippen LogP contribution in [0.5, 0.6) is 0 Å². The van der Waals surface area contributed by atoms with Crippen LogP contribution >= 0.6 is 0 Å². The van der Waals surface area contributed by atoms with Crippen LogP contribution in [0.15, 0.2) is 59.4 Å². The van der Waals surface area contributed by atoms with Crippen molar-refractivity contribution in [3.8, 4) is 11.1 Å². The lowest BCUT2D eigenvalue weighted by molar-refractivity contribution is 0.0697. The molecule has 0 aliphatic carbocycles. The van der Waals surface area contributed by atoms with Crippen LogP contribution in [0.25, 0.3) is 17.2 Å². The van der Waals surface area contributed by atoms with Crippen LogP contribution in [0.2, 0.25) is 0 Å². The maximum absolute atomic E-state index is 12.9. The average molecular weight is 420 g/mol. The van der Waals surface area contributed by atoms with Gasteiger partial charge < -0.3 is 5.11 Å². The summed E-state index contributed by atoms with van der Waals surface area (Å²) in [6.45, 7) is 7.31. The molecule has 0 bridgehead atoms. The summed E-state index contributed by atoms with van der Waals surface area (Å²) in [5.41, 5.74) is 2.61. The molecule has 0 atom stereocenters. The molecule has 0 aliphatic heterocycles. The Morgan fingerprint density at radius 2 is 1.84 bits per heavy atom. The topological polar surface area (TPSA) is 77.1 Å². The first-order valence-electron chi connectivity index (χ1n) is 10.7. The first-order chi connectivity index (χ1) is 14.9. The summed E-state index contributed by atoms with van der Waals surface area (Å²) < 4.78 is 3.24. The van der Waals surface area contributed by atoms with Crippen molar-refractivity contribution in [2.45, 2.75) is 46.7 Å². The third kappa shape index (κ3) is 5.40.